The van der Waals surface area contributed by atoms with Gasteiger partial charge in [0.05, 0.1) is 5.69 Å². The molecule has 1 saturated heterocycles. The number of aromatic nitrogens is 2. The zero-order valence-electron chi connectivity index (χ0n) is 8.90. The molecule has 0 saturated carbocycles. The second-order valence-corrected chi connectivity index (χ2v) is 4.43. The third-order valence-electron chi connectivity index (χ3n) is 3.01. The minimum atomic E-state index is 0.788. The highest BCUT2D eigenvalue weighted by molar-refractivity contribution is 5.41. The van der Waals surface area contributed by atoms with Gasteiger partial charge in [0, 0.05) is 12.4 Å². The van der Waals surface area contributed by atoms with E-state index in [0.717, 1.165) is 31.1 Å². The first kappa shape index (κ1) is 8.92. The van der Waals surface area contributed by atoms with Crippen molar-refractivity contribution in [2.75, 3.05) is 13.1 Å². The first-order valence-electron chi connectivity index (χ1n) is 5.46. The van der Waals surface area contributed by atoms with Crippen LogP contribution in [0.2, 0.25) is 0 Å². The molecule has 0 unspecified atom stereocenters. The van der Waals surface area contributed by atoms with Gasteiger partial charge in [-0.3, -0.25) is 0 Å². The molecule has 1 aliphatic heterocycles. The second kappa shape index (κ2) is 3.35. The van der Waals surface area contributed by atoms with Gasteiger partial charge in [-0.25, -0.2) is 4.98 Å². The molecule has 0 aromatic carbocycles. The predicted molar refractivity (Wildman–Crippen MR) is 60.0 cm³/mol. The van der Waals surface area contributed by atoms with E-state index in [1.807, 2.05) is 0 Å². The van der Waals surface area contributed by atoms with E-state index >= 15 is 0 Å². The molecule has 1 N–H and O–H groups in total. The van der Waals surface area contributed by atoms with Crippen molar-refractivity contribution >= 4 is 5.65 Å². The van der Waals surface area contributed by atoms with Crippen molar-refractivity contribution in [1.82, 2.24) is 14.7 Å². The lowest BCUT2D eigenvalue weighted by Crippen LogP contribution is -2.43. The van der Waals surface area contributed by atoms with E-state index in [-0.39, 0.29) is 0 Å². The van der Waals surface area contributed by atoms with Crippen molar-refractivity contribution in [2.45, 2.75) is 13.3 Å². The number of hydrogen-bond donors (Lipinski definition) is 1. The Hall–Kier alpha value is -1.35. The Kier molecular flexibility index (Phi) is 1.99. The summed E-state index contributed by atoms with van der Waals surface area (Å²) in [6, 6.07) is 4.19. The van der Waals surface area contributed by atoms with E-state index in [1.54, 1.807) is 0 Å². The number of aryl methyl sites for hydroxylation is 1. The van der Waals surface area contributed by atoms with E-state index < -0.39 is 0 Å². The third kappa shape index (κ3) is 1.63. The molecule has 0 radical (unpaired) electrons. The molecule has 0 atom stereocenters. The molecule has 2 aromatic rings. The molecule has 3 rings (SSSR count). The van der Waals surface area contributed by atoms with Crippen LogP contribution in [0.4, 0.5) is 0 Å². The van der Waals surface area contributed by atoms with Crippen LogP contribution in [0.3, 0.4) is 0 Å². The Morgan fingerprint density at radius 1 is 1.40 bits per heavy atom. The van der Waals surface area contributed by atoms with Crippen molar-refractivity contribution in [2.24, 2.45) is 5.92 Å². The average molecular weight is 201 g/mol. The van der Waals surface area contributed by atoms with Crippen molar-refractivity contribution < 1.29 is 0 Å². The maximum absolute atomic E-state index is 4.61. The summed E-state index contributed by atoms with van der Waals surface area (Å²) in [6.07, 6.45) is 5.39. The topological polar surface area (TPSA) is 29.3 Å². The Morgan fingerprint density at radius 3 is 3.00 bits per heavy atom. The van der Waals surface area contributed by atoms with Crippen molar-refractivity contribution in [1.29, 1.82) is 0 Å². The van der Waals surface area contributed by atoms with Crippen LogP contribution in [0, 0.1) is 12.8 Å². The lowest BCUT2D eigenvalue weighted by Gasteiger charge is -2.25. The maximum atomic E-state index is 4.61. The van der Waals surface area contributed by atoms with E-state index in [2.05, 4.69) is 46.2 Å². The Balaban J connectivity index is 1.91. The second-order valence-electron chi connectivity index (χ2n) is 4.43. The molecule has 2 aromatic heterocycles. The van der Waals surface area contributed by atoms with Gasteiger partial charge in [0.25, 0.3) is 0 Å². The van der Waals surface area contributed by atoms with Crippen LogP contribution in [0.5, 0.6) is 0 Å². The molecule has 78 valence electrons. The zero-order chi connectivity index (χ0) is 10.3. The SMILES string of the molecule is Cc1ccc2nc(CC3CNC3)cn2c1. The largest absolute Gasteiger partial charge is 0.316 e. The smallest absolute Gasteiger partial charge is 0.136 e. The molecule has 0 spiro atoms. The molecular formula is C12H15N3. The summed E-state index contributed by atoms with van der Waals surface area (Å²) in [5.74, 6) is 0.788. The number of rotatable bonds is 2. The fourth-order valence-corrected chi connectivity index (χ4v) is 2.04. The number of fused-ring (bicyclic) bond motifs is 1. The molecule has 3 nitrogen and oxygen atoms in total. The minimum absolute atomic E-state index is 0.788. The van der Waals surface area contributed by atoms with Gasteiger partial charge in [-0.2, -0.15) is 0 Å². The summed E-state index contributed by atoms with van der Waals surface area (Å²) in [5, 5.41) is 3.29. The fourth-order valence-electron chi connectivity index (χ4n) is 2.04. The summed E-state index contributed by atoms with van der Waals surface area (Å²) in [7, 11) is 0. The van der Waals surface area contributed by atoms with Crippen molar-refractivity contribution in [3.05, 3.63) is 35.8 Å². The molecule has 1 aliphatic rings. The van der Waals surface area contributed by atoms with Gasteiger partial charge in [-0.1, -0.05) is 6.07 Å². The van der Waals surface area contributed by atoms with Crippen LogP contribution in [-0.4, -0.2) is 22.5 Å². The highest BCUT2D eigenvalue weighted by atomic mass is 15.0. The number of nitrogens with zero attached hydrogens (tertiary/aromatic N) is 2. The molecule has 3 heterocycles. The first-order valence-corrected chi connectivity index (χ1v) is 5.46. The number of nitrogens with one attached hydrogen (secondary N) is 1. The number of imidazole rings is 1. The van der Waals surface area contributed by atoms with Crippen LogP contribution in [0.25, 0.3) is 5.65 Å². The van der Waals surface area contributed by atoms with Gasteiger partial charge < -0.3 is 9.72 Å². The van der Waals surface area contributed by atoms with E-state index in [1.165, 1.54) is 11.3 Å². The highest BCUT2D eigenvalue weighted by Crippen LogP contribution is 2.13. The standard InChI is InChI=1S/C12H15N3/c1-9-2-3-12-14-11(8-15(12)7-9)4-10-5-13-6-10/h2-3,7-8,10,13H,4-6H2,1H3. The molecule has 1 fully saturated rings. The summed E-state index contributed by atoms with van der Waals surface area (Å²) in [5.41, 5.74) is 3.55. The van der Waals surface area contributed by atoms with Gasteiger partial charge >= 0.3 is 0 Å². The van der Waals surface area contributed by atoms with E-state index in [0.29, 0.717) is 0 Å². The van der Waals surface area contributed by atoms with Crippen LogP contribution in [-0.2, 0) is 6.42 Å². The fraction of sp³-hybridized carbons (Fsp3) is 0.417. The normalized spacial score (nSPS) is 16.9. The van der Waals surface area contributed by atoms with Gasteiger partial charge in [0.2, 0.25) is 0 Å². The van der Waals surface area contributed by atoms with Gasteiger partial charge in [0.15, 0.2) is 0 Å². The van der Waals surface area contributed by atoms with Crippen LogP contribution < -0.4 is 5.32 Å². The Morgan fingerprint density at radius 2 is 2.27 bits per heavy atom. The minimum Gasteiger partial charge on any atom is -0.316 e. The van der Waals surface area contributed by atoms with E-state index in [4.69, 9.17) is 0 Å². The molecule has 0 bridgehead atoms. The summed E-state index contributed by atoms with van der Waals surface area (Å²) in [4.78, 5) is 4.61. The number of hydrogen-bond acceptors (Lipinski definition) is 2. The molecule has 0 aliphatic carbocycles. The average Bonchev–Trinajstić information content (AvgIpc) is 2.53. The lowest BCUT2D eigenvalue weighted by molar-refractivity contribution is 0.344. The lowest BCUT2D eigenvalue weighted by atomic mass is 9.98. The Labute approximate surface area is 89.1 Å². The number of pyridine rings is 1. The summed E-state index contributed by atoms with van der Waals surface area (Å²) in [6.45, 7) is 4.40. The summed E-state index contributed by atoms with van der Waals surface area (Å²) >= 11 is 0. The maximum Gasteiger partial charge on any atom is 0.136 e. The summed E-state index contributed by atoms with van der Waals surface area (Å²) < 4.78 is 2.12. The van der Waals surface area contributed by atoms with Crippen molar-refractivity contribution in [3.8, 4) is 0 Å². The first-order chi connectivity index (χ1) is 7.31. The monoisotopic (exact) mass is 201 g/mol. The highest BCUT2D eigenvalue weighted by Gasteiger charge is 2.18. The van der Waals surface area contributed by atoms with Crippen LogP contribution in [0.1, 0.15) is 11.3 Å². The molecule has 15 heavy (non-hydrogen) atoms. The molecule has 3 heteroatoms. The molecular weight excluding hydrogens is 186 g/mol. The quantitative estimate of drug-likeness (QED) is 0.796. The zero-order valence-corrected chi connectivity index (χ0v) is 8.90. The van der Waals surface area contributed by atoms with Crippen LogP contribution >= 0.6 is 0 Å². The van der Waals surface area contributed by atoms with Gasteiger partial charge in [-0.15, -0.1) is 0 Å². The molecule has 0 amide bonds. The Bertz CT molecular complexity index is 483. The third-order valence-corrected chi connectivity index (χ3v) is 3.01. The predicted octanol–water partition coefficient (Wildman–Crippen LogP) is 1.40. The van der Waals surface area contributed by atoms with Crippen molar-refractivity contribution in [3.63, 3.8) is 0 Å². The van der Waals surface area contributed by atoms with Crippen LogP contribution in [0.15, 0.2) is 24.5 Å². The van der Waals surface area contributed by atoms with Gasteiger partial charge in [0.1, 0.15) is 5.65 Å². The van der Waals surface area contributed by atoms with Gasteiger partial charge in [-0.05, 0) is 44.0 Å². The van der Waals surface area contributed by atoms with E-state index in [9.17, 15) is 0 Å².